The predicted molar refractivity (Wildman–Crippen MR) is 339 cm³/mol. The van der Waals surface area contributed by atoms with Gasteiger partial charge >= 0.3 is 0 Å². The van der Waals surface area contributed by atoms with Gasteiger partial charge in [-0.2, -0.15) is 0 Å². The molecule has 0 radical (unpaired) electrons. The molecule has 8 heteroatoms. The van der Waals surface area contributed by atoms with Gasteiger partial charge in [0.25, 0.3) is 0 Å². The van der Waals surface area contributed by atoms with E-state index < -0.39 is 22.3 Å². The van der Waals surface area contributed by atoms with E-state index in [2.05, 4.69) is 168 Å². The number of aliphatic hydroxyl groups is 3. The lowest BCUT2D eigenvalue weighted by molar-refractivity contribution is 0.159. The normalized spacial score (nSPS) is 22.3. The van der Waals surface area contributed by atoms with E-state index in [1.165, 1.54) is 60.6 Å². The van der Waals surface area contributed by atoms with E-state index in [1.807, 2.05) is 61.5 Å². The largest absolute Gasteiger partial charge is 0.497 e. The van der Waals surface area contributed by atoms with Gasteiger partial charge < -0.3 is 24.8 Å². The third-order valence-electron chi connectivity index (χ3n) is 15.5. The molecule has 0 bridgehead atoms. The fourth-order valence-corrected chi connectivity index (χ4v) is 14.7. The van der Waals surface area contributed by atoms with Gasteiger partial charge in [0.2, 0.25) is 0 Å². The highest BCUT2D eigenvalue weighted by molar-refractivity contribution is 9.10. The third kappa shape index (κ3) is 17.5. The Morgan fingerprint density at radius 1 is 0.779 bits per heavy atom. The number of fused-ring (bicyclic) bond motifs is 6. The van der Waals surface area contributed by atoms with Gasteiger partial charge in [0.05, 0.1) is 33.5 Å². The summed E-state index contributed by atoms with van der Waals surface area (Å²) < 4.78 is 11.7. The van der Waals surface area contributed by atoms with E-state index in [0.717, 1.165) is 61.2 Å². The minimum absolute atomic E-state index is 0. The molecule has 5 aromatic carbocycles. The molecule has 0 saturated heterocycles. The average molecular weight is 1140 g/mol. The van der Waals surface area contributed by atoms with Crippen molar-refractivity contribution in [1.82, 2.24) is 0 Å². The lowest BCUT2D eigenvalue weighted by Crippen LogP contribution is -2.37. The number of para-hydroxylation sites is 1. The van der Waals surface area contributed by atoms with E-state index in [-0.39, 0.29) is 37.9 Å². The number of aliphatic hydroxyl groups excluding tert-OH is 3. The lowest BCUT2D eigenvalue weighted by Gasteiger charge is -2.44. The van der Waals surface area contributed by atoms with Crippen LogP contribution < -0.4 is 9.47 Å². The van der Waals surface area contributed by atoms with E-state index in [4.69, 9.17) is 9.47 Å². The Labute approximate surface area is 476 Å². The highest BCUT2D eigenvalue weighted by Crippen LogP contribution is 2.59. The Morgan fingerprint density at radius 2 is 1.39 bits per heavy atom. The molecule has 2 fully saturated rings. The van der Waals surface area contributed by atoms with Crippen LogP contribution in [0, 0.1) is 53.9 Å². The first-order chi connectivity index (χ1) is 35.3. The number of allylic oxidation sites excluding steroid dienone is 3. The minimum atomic E-state index is -1.45. The summed E-state index contributed by atoms with van der Waals surface area (Å²) >= 11 is 3.77. The van der Waals surface area contributed by atoms with Gasteiger partial charge in [0.1, 0.15) is 26.2 Å². The second kappa shape index (κ2) is 27.8. The first-order valence-electron chi connectivity index (χ1n) is 27.0. The molecule has 0 heterocycles. The zero-order valence-corrected chi connectivity index (χ0v) is 50.8. The molecule has 9 rings (SSSR count). The van der Waals surface area contributed by atoms with Crippen LogP contribution in [0.4, 0.5) is 0 Å². The second-order valence-electron chi connectivity index (χ2n) is 24.5. The smallest absolute Gasteiger partial charge is 0.149 e. The van der Waals surface area contributed by atoms with Crippen molar-refractivity contribution >= 4 is 48.4 Å². The second-order valence-corrected chi connectivity index (χ2v) is 35.2. The van der Waals surface area contributed by atoms with Crippen LogP contribution in [-0.4, -0.2) is 63.5 Å². The fourth-order valence-electron chi connectivity index (χ4n) is 11.6. The van der Waals surface area contributed by atoms with Crippen LogP contribution in [-0.2, 0) is 6.42 Å². The zero-order chi connectivity index (χ0) is 54.9. The van der Waals surface area contributed by atoms with E-state index >= 15 is 0 Å². The molecule has 0 aromatic heterocycles. The first-order valence-corrected chi connectivity index (χ1v) is 34.8. The Bertz CT molecular complexity index is 2940. The number of hydrogen-bond acceptors (Lipinski definition) is 5. The Kier molecular flexibility index (Phi) is 23.3. The quantitative estimate of drug-likeness (QED) is 0.0820. The molecule has 0 spiro atoms. The van der Waals surface area contributed by atoms with Crippen molar-refractivity contribution in [3.05, 3.63) is 170 Å². The van der Waals surface area contributed by atoms with Crippen molar-refractivity contribution in [2.45, 2.75) is 171 Å². The topological polar surface area (TPSA) is 79.2 Å². The third-order valence-corrected chi connectivity index (χ3v) is 19.2. The van der Waals surface area contributed by atoms with Crippen LogP contribution in [0.3, 0.4) is 0 Å². The highest BCUT2D eigenvalue weighted by atomic mass is 79.9. The SMILES string of the molecule is C.C.C=C(C)C[C@H](O)CC#CCOc1ccccc1.C=C1C(c2ccc(C)cc2)=C([Si](C)(C)C)C[C@]2(C)C[C@H](O)C[C@@H]12.COc1ccc(C#C[Si](C)(C)C)cc1.Cc1ccc2c(Br)cc3c(c2c1)CC[C@]1(C)C[C@H](O)C[C@@H]31. The summed E-state index contributed by atoms with van der Waals surface area (Å²) in [5.74, 6) is 11.6. The summed E-state index contributed by atoms with van der Waals surface area (Å²) in [6.45, 7) is 33.6. The zero-order valence-electron chi connectivity index (χ0n) is 47.2. The van der Waals surface area contributed by atoms with Crippen molar-refractivity contribution in [2.75, 3.05) is 13.7 Å². The molecule has 3 N–H and O–H groups in total. The lowest BCUT2D eigenvalue weighted by atomic mass is 9.66. The summed E-state index contributed by atoms with van der Waals surface area (Å²) in [5.41, 5.74) is 15.5. The maximum atomic E-state index is 10.3. The van der Waals surface area contributed by atoms with Crippen molar-refractivity contribution in [3.63, 3.8) is 0 Å². The van der Waals surface area contributed by atoms with Gasteiger partial charge in [0, 0.05) is 16.5 Å². The Hall–Kier alpha value is -4.91. The number of methoxy groups -OCH3 is 1. The van der Waals surface area contributed by atoms with Crippen molar-refractivity contribution < 1.29 is 24.8 Å². The van der Waals surface area contributed by atoms with Gasteiger partial charge in [-0.15, -0.1) is 12.1 Å². The summed E-state index contributed by atoms with van der Waals surface area (Å²) in [6.07, 6.45) is 7.51. The van der Waals surface area contributed by atoms with Gasteiger partial charge in [-0.05, 0) is 176 Å². The summed E-state index contributed by atoms with van der Waals surface area (Å²) in [6, 6.07) is 35.4. The van der Waals surface area contributed by atoms with Crippen LogP contribution >= 0.6 is 15.9 Å². The van der Waals surface area contributed by atoms with E-state index in [0.29, 0.717) is 31.3 Å². The molecule has 7 atom stereocenters. The minimum Gasteiger partial charge on any atom is -0.497 e. The van der Waals surface area contributed by atoms with E-state index in [9.17, 15) is 15.3 Å². The number of ether oxygens (including phenoxy) is 2. The van der Waals surface area contributed by atoms with Crippen LogP contribution in [0.1, 0.15) is 126 Å². The van der Waals surface area contributed by atoms with Crippen molar-refractivity contribution in [2.24, 2.45) is 16.7 Å². The Balaban J connectivity index is 0.000000224. The van der Waals surface area contributed by atoms with Crippen LogP contribution in [0.25, 0.3) is 16.3 Å². The molecular weight excluding hydrogens is 1040 g/mol. The first kappa shape index (κ1) is 64.6. The molecule has 4 aliphatic carbocycles. The molecule has 5 nitrogen and oxygen atoms in total. The molecule has 0 amide bonds. The molecule has 0 aliphatic heterocycles. The van der Waals surface area contributed by atoms with Gasteiger partial charge in [-0.1, -0.05) is 191 Å². The standard InChI is InChI=1S/C21H30OSi.C19H21BrO.C15H18O2.C12H16OSi.2CH4/c1-14-7-9-16(10-8-14)20-15(2)18-11-17(22)12-21(18,3)13-19(20)23(4,5)6;1-11-3-4-14-15(7-11)13-5-6-19(2)10-12(21)8-17(19)16(13)9-18(14)20;1-13(2)12-14(16)8-6-7-11-17-15-9-4-3-5-10-15;1-13-12-7-5-11(6-8-12)9-10-14(2,3)4;;/h7-10,17-18,22H,2,11-13H2,1,3-6H3;3-4,7,9,12,17,21H,5-6,8,10H2,1-2H3;3-5,9-10,14,16H,1,8,11-12H2,2H3;5-8H,1-4H3;2*1H4/t17-,18+,21+;12-,17+,19-;14-;;;/m111.../s1. The summed E-state index contributed by atoms with van der Waals surface area (Å²) in [5, 5.41) is 34.3. The Morgan fingerprint density at radius 3 is 1.99 bits per heavy atom. The molecule has 5 aromatic rings. The number of benzene rings is 5. The van der Waals surface area contributed by atoms with Crippen molar-refractivity contribution in [3.8, 4) is 34.8 Å². The summed E-state index contributed by atoms with van der Waals surface area (Å²) in [7, 11) is -1.03. The molecule has 414 valence electrons. The van der Waals surface area contributed by atoms with Gasteiger partial charge in [-0.3, -0.25) is 0 Å². The predicted octanol–water partition coefficient (Wildman–Crippen LogP) is 17.4. The van der Waals surface area contributed by atoms with Crippen molar-refractivity contribution in [1.29, 1.82) is 0 Å². The fraction of sp³-hybridized carbons (Fsp3) is 0.449. The number of aryl methyl sites for hydroxylation is 3. The summed E-state index contributed by atoms with van der Waals surface area (Å²) in [4.78, 5) is 0. The average Bonchev–Trinajstić information content (AvgIpc) is 3.84. The number of rotatable bonds is 8. The molecule has 77 heavy (non-hydrogen) atoms. The maximum absolute atomic E-state index is 10.3. The molecule has 2 saturated carbocycles. The molecule has 0 unspecified atom stereocenters. The highest BCUT2D eigenvalue weighted by Gasteiger charge is 2.50. The van der Waals surface area contributed by atoms with Gasteiger partial charge in [-0.25, -0.2) is 0 Å². The van der Waals surface area contributed by atoms with Crippen LogP contribution in [0.15, 0.2) is 137 Å². The van der Waals surface area contributed by atoms with Crippen LogP contribution in [0.5, 0.6) is 11.5 Å². The number of hydrogen-bond donors (Lipinski definition) is 3. The number of halogens is 1. The monoisotopic (exact) mass is 1140 g/mol. The van der Waals surface area contributed by atoms with Gasteiger partial charge in [0.15, 0.2) is 0 Å². The maximum Gasteiger partial charge on any atom is 0.149 e. The van der Waals surface area contributed by atoms with E-state index in [1.54, 1.807) is 12.3 Å². The molecular formula is C69H93BrO5Si2. The van der Waals surface area contributed by atoms with Crippen LogP contribution in [0.2, 0.25) is 39.3 Å². The molecule has 4 aliphatic rings.